The quantitative estimate of drug-likeness (QED) is 0.874. The topological polar surface area (TPSA) is 63.2 Å². The van der Waals surface area contributed by atoms with Crippen molar-refractivity contribution < 1.29 is 17.6 Å². The van der Waals surface area contributed by atoms with Crippen LogP contribution in [0.1, 0.15) is 17.3 Å². The third-order valence-electron chi connectivity index (χ3n) is 2.73. The van der Waals surface area contributed by atoms with Crippen LogP contribution in [0.2, 0.25) is 5.02 Å². The Morgan fingerprint density at radius 2 is 1.90 bits per heavy atom. The van der Waals surface area contributed by atoms with Gasteiger partial charge >= 0.3 is 0 Å². The van der Waals surface area contributed by atoms with E-state index in [1.165, 1.54) is 43.3 Å². The second-order valence-corrected chi connectivity index (χ2v) is 6.43. The van der Waals surface area contributed by atoms with Gasteiger partial charge in [0.1, 0.15) is 5.82 Å². The molecule has 7 heteroatoms. The minimum Gasteiger partial charge on any atom is -0.295 e. The Balaban J connectivity index is 2.38. The van der Waals surface area contributed by atoms with Gasteiger partial charge in [-0.3, -0.25) is 9.52 Å². The summed E-state index contributed by atoms with van der Waals surface area (Å²) < 4.78 is 40.1. The summed E-state index contributed by atoms with van der Waals surface area (Å²) in [7, 11) is -3.99. The number of ketones is 1. The molecule has 0 fully saturated rings. The molecular weight excluding hydrogens is 317 g/mol. The normalized spacial score (nSPS) is 11.2. The first-order valence-electron chi connectivity index (χ1n) is 5.88. The number of hydrogen-bond acceptors (Lipinski definition) is 3. The van der Waals surface area contributed by atoms with Gasteiger partial charge in [-0.25, -0.2) is 12.8 Å². The van der Waals surface area contributed by atoms with Crippen LogP contribution in [-0.2, 0) is 10.0 Å². The van der Waals surface area contributed by atoms with E-state index in [0.717, 1.165) is 6.07 Å². The van der Waals surface area contributed by atoms with Crippen LogP contribution in [0.3, 0.4) is 0 Å². The van der Waals surface area contributed by atoms with Crippen molar-refractivity contribution in [3.8, 4) is 0 Å². The van der Waals surface area contributed by atoms with Crippen molar-refractivity contribution >= 4 is 33.1 Å². The summed E-state index contributed by atoms with van der Waals surface area (Å²) in [6.45, 7) is 1.33. The van der Waals surface area contributed by atoms with Gasteiger partial charge in [0.15, 0.2) is 5.78 Å². The second-order valence-electron chi connectivity index (χ2n) is 4.31. The van der Waals surface area contributed by atoms with Gasteiger partial charge in [0.25, 0.3) is 10.0 Å². The molecule has 0 atom stereocenters. The van der Waals surface area contributed by atoms with Crippen LogP contribution in [0.15, 0.2) is 47.4 Å². The van der Waals surface area contributed by atoms with Gasteiger partial charge in [-0.1, -0.05) is 23.7 Å². The number of anilines is 1. The summed E-state index contributed by atoms with van der Waals surface area (Å²) >= 11 is 5.61. The lowest BCUT2D eigenvalue weighted by atomic mass is 10.2. The first-order valence-corrected chi connectivity index (χ1v) is 7.74. The van der Waals surface area contributed by atoms with Crippen LogP contribution in [0.5, 0.6) is 0 Å². The number of Topliss-reactive ketones (excluding diaryl/α,β-unsaturated/α-hetero) is 1. The maximum absolute atomic E-state index is 13.6. The van der Waals surface area contributed by atoms with Gasteiger partial charge in [0, 0.05) is 10.6 Å². The Hall–Kier alpha value is -1.92. The molecule has 2 rings (SSSR count). The Labute approximate surface area is 126 Å². The average molecular weight is 328 g/mol. The fraction of sp³-hybridized carbons (Fsp3) is 0.0714. The van der Waals surface area contributed by atoms with Crippen molar-refractivity contribution in [3.05, 3.63) is 58.9 Å². The molecule has 0 aliphatic rings. The van der Waals surface area contributed by atoms with Gasteiger partial charge in [-0.2, -0.15) is 0 Å². The molecule has 0 unspecified atom stereocenters. The van der Waals surface area contributed by atoms with Crippen molar-refractivity contribution in [2.75, 3.05) is 4.72 Å². The lowest BCUT2D eigenvalue weighted by Crippen LogP contribution is -2.14. The lowest BCUT2D eigenvalue weighted by molar-refractivity contribution is 0.101. The first-order chi connectivity index (χ1) is 9.79. The third-order valence-corrected chi connectivity index (χ3v) is 4.32. The first kappa shape index (κ1) is 15.5. The van der Waals surface area contributed by atoms with Crippen LogP contribution in [0.4, 0.5) is 10.1 Å². The molecule has 4 nitrogen and oxygen atoms in total. The van der Waals surface area contributed by atoms with E-state index in [-0.39, 0.29) is 27.0 Å². The Morgan fingerprint density at radius 3 is 2.52 bits per heavy atom. The molecule has 0 aliphatic heterocycles. The van der Waals surface area contributed by atoms with Crippen molar-refractivity contribution in [2.45, 2.75) is 11.8 Å². The zero-order chi connectivity index (χ0) is 15.6. The zero-order valence-electron chi connectivity index (χ0n) is 10.9. The number of sulfonamides is 1. The molecule has 21 heavy (non-hydrogen) atoms. The predicted octanol–water partition coefficient (Wildman–Crippen LogP) is 3.48. The molecule has 0 bridgehead atoms. The minimum absolute atomic E-state index is 0.121. The fourth-order valence-corrected chi connectivity index (χ4v) is 2.93. The highest BCUT2D eigenvalue weighted by Crippen LogP contribution is 2.22. The van der Waals surface area contributed by atoms with Crippen LogP contribution < -0.4 is 4.72 Å². The van der Waals surface area contributed by atoms with E-state index in [4.69, 9.17) is 11.6 Å². The van der Waals surface area contributed by atoms with E-state index in [1.54, 1.807) is 0 Å². The van der Waals surface area contributed by atoms with Crippen molar-refractivity contribution in [1.29, 1.82) is 0 Å². The molecule has 0 saturated carbocycles. The van der Waals surface area contributed by atoms with Crippen molar-refractivity contribution in [2.24, 2.45) is 0 Å². The monoisotopic (exact) mass is 327 g/mol. The highest BCUT2D eigenvalue weighted by molar-refractivity contribution is 7.92. The molecule has 2 aromatic rings. The van der Waals surface area contributed by atoms with Crippen LogP contribution in [-0.4, -0.2) is 14.2 Å². The molecule has 0 radical (unpaired) electrons. The number of rotatable bonds is 4. The number of benzene rings is 2. The number of nitrogens with one attached hydrogen (secondary N) is 1. The van der Waals surface area contributed by atoms with Gasteiger partial charge < -0.3 is 0 Å². The molecule has 0 saturated heterocycles. The van der Waals surface area contributed by atoms with E-state index < -0.39 is 15.8 Å². The summed E-state index contributed by atoms with van der Waals surface area (Å²) in [5.41, 5.74) is 0.0436. The number of hydrogen-bond donors (Lipinski definition) is 1. The standard InChI is InChI=1S/C14H11ClFNO3S/c1-9(18)10-3-2-4-12(7-10)21(19,20)17-14-6-5-11(15)8-13(14)16/h2-8,17H,1H3. The predicted molar refractivity (Wildman–Crippen MR) is 78.7 cm³/mol. The van der Waals surface area contributed by atoms with Gasteiger partial charge in [-0.15, -0.1) is 0 Å². The number of carbonyl (C=O) groups is 1. The number of carbonyl (C=O) groups excluding carboxylic acids is 1. The molecule has 2 aromatic carbocycles. The Bertz CT molecular complexity index is 806. The lowest BCUT2D eigenvalue weighted by Gasteiger charge is -2.09. The van der Waals surface area contributed by atoms with E-state index in [9.17, 15) is 17.6 Å². The smallest absolute Gasteiger partial charge is 0.262 e. The summed E-state index contributed by atoms with van der Waals surface area (Å²) in [4.78, 5) is 11.2. The molecule has 0 amide bonds. The third kappa shape index (κ3) is 3.59. The maximum Gasteiger partial charge on any atom is 0.262 e. The maximum atomic E-state index is 13.6. The Kier molecular flexibility index (Phi) is 4.29. The molecule has 0 spiro atoms. The molecule has 110 valence electrons. The minimum atomic E-state index is -3.99. The number of halogens is 2. The molecule has 0 aliphatic carbocycles. The summed E-state index contributed by atoms with van der Waals surface area (Å²) in [6.07, 6.45) is 0. The summed E-state index contributed by atoms with van der Waals surface area (Å²) in [5.74, 6) is -1.04. The fourth-order valence-electron chi connectivity index (χ4n) is 1.66. The van der Waals surface area contributed by atoms with Crippen molar-refractivity contribution in [3.63, 3.8) is 0 Å². The zero-order valence-corrected chi connectivity index (χ0v) is 12.5. The molecule has 1 N–H and O–H groups in total. The summed E-state index contributed by atoms with van der Waals surface area (Å²) in [5, 5.41) is 0.161. The highest BCUT2D eigenvalue weighted by Gasteiger charge is 2.17. The summed E-state index contributed by atoms with van der Waals surface area (Å²) in [6, 6.07) is 9.11. The second kappa shape index (κ2) is 5.83. The van der Waals surface area contributed by atoms with E-state index in [2.05, 4.69) is 4.72 Å². The van der Waals surface area contributed by atoms with Gasteiger partial charge in [0.2, 0.25) is 0 Å². The SMILES string of the molecule is CC(=O)c1cccc(S(=O)(=O)Nc2ccc(Cl)cc2F)c1. The van der Waals surface area contributed by atoms with Crippen LogP contribution >= 0.6 is 11.6 Å². The van der Waals surface area contributed by atoms with Gasteiger partial charge in [-0.05, 0) is 37.3 Å². The molecule has 0 aromatic heterocycles. The highest BCUT2D eigenvalue weighted by atomic mass is 35.5. The molecule has 0 heterocycles. The van der Waals surface area contributed by atoms with Gasteiger partial charge in [0.05, 0.1) is 10.6 Å². The largest absolute Gasteiger partial charge is 0.295 e. The average Bonchev–Trinajstić information content (AvgIpc) is 2.42. The van der Waals surface area contributed by atoms with E-state index in [0.29, 0.717) is 0 Å². The molecular formula is C14H11ClFNO3S. The Morgan fingerprint density at radius 1 is 1.19 bits per heavy atom. The van der Waals surface area contributed by atoms with Crippen LogP contribution in [0, 0.1) is 5.82 Å². The van der Waals surface area contributed by atoms with E-state index in [1.807, 2.05) is 0 Å². The van der Waals surface area contributed by atoms with E-state index >= 15 is 0 Å². The van der Waals surface area contributed by atoms with Crippen molar-refractivity contribution in [1.82, 2.24) is 0 Å². The van der Waals surface area contributed by atoms with Crippen LogP contribution in [0.25, 0.3) is 0 Å².